The second-order valence-electron chi connectivity index (χ2n) is 10.7. The summed E-state index contributed by atoms with van der Waals surface area (Å²) in [6.07, 6.45) is 1.01. The summed E-state index contributed by atoms with van der Waals surface area (Å²) >= 11 is 0. The quantitative estimate of drug-likeness (QED) is 0.277. The van der Waals surface area contributed by atoms with Crippen molar-refractivity contribution in [3.8, 4) is 5.75 Å². The Labute approximate surface area is 206 Å². The van der Waals surface area contributed by atoms with E-state index in [1.54, 1.807) is 0 Å². The molecule has 34 heavy (non-hydrogen) atoms. The Balaban J connectivity index is 2.18. The highest BCUT2D eigenvalue weighted by molar-refractivity contribution is 7.68. The molecule has 0 spiro atoms. The van der Waals surface area contributed by atoms with Crippen LogP contribution in [0.5, 0.6) is 5.75 Å². The van der Waals surface area contributed by atoms with Crippen molar-refractivity contribution < 1.29 is 14.1 Å². The minimum Gasteiger partial charge on any atom is -0.469 e. The van der Waals surface area contributed by atoms with Gasteiger partial charge in [-0.1, -0.05) is 114 Å². The van der Waals surface area contributed by atoms with Crippen molar-refractivity contribution in [1.82, 2.24) is 0 Å². The van der Waals surface area contributed by atoms with Gasteiger partial charge in [0, 0.05) is 28.2 Å². The summed E-state index contributed by atoms with van der Waals surface area (Å²) in [5, 5.41) is 2.36. The summed E-state index contributed by atoms with van der Waals surface area (Å²) in [7, 11) is 0.382. The molecule has 0 aliphatic heterocycles. The Morgan fingerprint density at radius 1 is 0.765 bits per heavy atom. The molecule has 3 nitrogen and oxygen atoms in total. The van der Waals surface area contributed by atoms with Gasteiger partial charge in [-0.3, -0.25) is 4.79 Å². The SMILES string of the molecule is COC(=O)CCc1cc(C(C)(C)C)c(OP(c2ccccc2)c2ccccc2)c(C(C)(C)C)c1. The van der Waals surface area contributed by atoms with Crippen LogP contribution >= 0.6 is 8.15 Å². The Hall–Kier alpha value is -2.64. The van der Waals surface area contributed by atoms with Crippen molar-refractivity contribution in [2.75, 3.05) is 7.11 Å². The number of carbonyl (C=O) groups excluding carboxylic acids is 1. The van der Waals surface area contributed by atoms with Gasteiger partial charge >= 0.3 is 5.97 Å². The summed E-state index contributed by atoms with van der Waals surface area (Å²) in [6.45, 7) is 13.3. The fourth-order valence-corrected chi connectivity index (χ4v) is 5.64. The zero-order chi connectivity index (χ0) is 24.9. The third-order valence-electron chi connectivity index (χ3n) is 5.77. The molecule has 0 aliphatic rings. The van der Waals surface area contributed by atoms with Gasteiger partial charge in [0.05, 0.1) is 7.11 Å². The molecular weight excluding hydrogens is 439 g/mol. The molecule has 180 valence electrons. The highest BCUT2D eigenvalue weighted by Gasteiger charge is 2.30. The van der Waals surface area contributed by atoms with Gasteiger partial charge in [0.25, 0.3) is 0 Å². The first-order chi connectivity index (χ1) is 16.0. The van der Waals surface area contributed by atoms with Gasteiger partial charge in [-0.15, -0.1) is 0 Å². The van der Waals surface area contributed by atoms with Gasteiger partial charge in [-0.2, -0.15) is 0 Å². The lowest BCUT2D eigenvalue weighted by atomic mass is 9.78. The highest BCUT2D eigenvalue weighted by atomic mass is 31.1. The average molecular weight is 477 g/mol. The topological polar surface area (TPSA) is 35.5 Å². The zero-order valence-electron chi connectivity index (χ0n) is 21.5. The summed E-state index contributed by atoms with van der Waals surface area (Å²) in [5.41, 5.74) is 3.20. The largest absolute Gasteiger partial charge is 0.469 e. The van der Waals surface area contributed by atoms with Crippen LogP contribution in [0.2, 0.25) is 0 Å². The lowest BCUT2D eigenvalue weighted by Gasteiger charge is -2.33. The fraction of sp³-hybridized carbons (Fsp3) is 0.367. The number of methoxy groups -OCH3 is 1. The van der Waals surface area contributed by atoms with Crippen LogP contribution in [0.1, 0.15) is 64.7 Å². The molecule has 4 heteroatoms. The number of rotatable bonds is 7. The number of aryl methyl sites for hydroxylation is 1. The summed E-state index contributed by atoms with van der Waals surface area (Å²) in [5.74, 6) is 0.771. The van der Waals surface area contributed by atoms with Crippen LogP contribution in [0, 0.1) is 0 Å². The minimum absolute atomic E-state index is 0.134. The van der Waals surface area contributed by atoms with Crippen LogP contribution in [0.4, 0.5) is 0 Å². The molecule has 0 aromatic heterocycles. The van der Waals surface area contributed by atoms with Crippen molar-refractivity contribution >= 4 is 24.7 Å². The van der Waals surface area contributed by atoms with Crippen molar-refractivity contribution in [1.29, 1.82) is 0 Å². The average Bonchev–Trinajstić information content (AvgIpc) is 2.80. The van der Waals surface area contributed by atoms with E-state index >= 15 is 0 Å². The number of carbonyl (C=O) groups is 1. The second kappa shape index (κ2) is 10.7. The smallest absolute Gasteiger partial charge is 0.305 e. The Kier molecular flexibility index (Phi) is 8.21. The fourth-order valence-electron chi connectivity index (χ4n) is 3.87. The van der Waals surface area contributed by atoms with Gasteiger partial charge in [-0.25, -0.2) is 0 Å². The highest BCUT2D eigenvalue weighted by Crippen LogP contribution is 2.47. The predicted octanol–water partition coefficient (Wildman–Crippen LogP) is 6.81. The third-order valence-corrected chi connectivity index (χ3v) is 7.67. The number of hydrogen-bond donors (Lipinski definition) is 0. The second-order valence-corrected chi connectivity index (χ2v) is 12.5. The molecule has 0 saturated carbocycles. The molecule has 3 aromatic carbocycles. The van der Waals surface area contributed by atoms with Crippen LogP contribution in [-0.2, 0) is 26.8 Å². The van der Waals surface area contributed by atoms with Crippen LogP contribution in [-0.4, -0.2) is 13.1 Å². The minimum atomic E-state index is -1.06. The summed E-state index contributed by atoms with van der Waals surface area (Å²) in [4.78, 5) is 11.8. The molecule has 3 aromatic rings. The van der Waals surface area contributed by atoms with Crippen molar-refractivity contribution in [3.63, 3.8) is 0 Å². The summed E-state index contributed by atoms with van der Waals surface area (Å²) in [6, 6.07) is 25.4. The van der Waals surface area contributed by atoms with Crippen LogP contribution in [0.25, 0.3) is 0 Å². The Bertz CT molecular complexity index is 1020. The maximum Gasteiger partial charge on any atom is 0.305 e. The number of hydrogen-bond acceptors (Lipinski definition) is 3. The molecule has 0 aliphatic carbocycles. The predicted molar refractivity (Wildman–Crippen MR) is 144 cm³/mol. The number of esters is 1. The van der Waals surface area contributed by atoms with E-state index in [1.165, 1.54) is 28.8 Å². The van der Waals surface area contributed by atoms with E-state index < -0.39 is 8.15 Å². The van der Waals surface area contributed by atoms with Gasteiger partial charge in [-0.05, 0) is 22.8 Å². The molecule has 0 atom stereocenters. The molecule has 0 fully saturated rings. The normalized spacial score (nSPS) is 12.0. The molecule has 0 amide bonds. The zero-order valence-corrected chi connectivity index (χ0v) is 22.4. The first kappa shape index (κ1) is 26.0. The van der Waals surface area contributed by atoms with Crippen LogP contribution in [0.3, 0.4) is 0 Å². The van der Waals surface area contributed by atoms with Crippen molar-refractivity contribution in [2.24, 2.45) is 0 Å². The van der Waals surface area contributed by atoms with E-state index in [4.69, 9.17) is 9.26 Å². The molecule has 0 unspecified atom stereocenters. The molecule has 0 heterocycles. The summed E-state index contributed by atoms with van der Waals surface area (Å²) < 4.78 is 12.0. The van der Waals surface area contributed by atoms with Gasteiger partial charge in [0.15, 0.2) is 8.15 Å². The van der Waals surface area contributed by atoms with Gasteiger partial charge in [0.2, 0.25) is 0 Å². The molecule has 3 rings (SSSR count). The van der Waals surface area contributed by atoms with E-state index in [-0.39, 0.29) is 16.8 Å². The lowest BCUT2D eigenvalue weighted by Crippen LogP contribution is -2.23. The Morgan fingerprint density at radius 3 is 1.59 bits per heavy atom. The lowest BCUT2D eigenvalue weighted by molar-refractivity contribution is -0.140. The van der Waals surface area contributed by atoms with Crippen LogP contribution in [0.15, 0.2) is 72.8 Å². The van der Waals surface area contributed by atoms with E-state index in [0.29, 0.717) is 12.8 Å². The van der Waals surface area contributed by atoms with Gasteiger partial charge < -0.3 is 9.26 Å². The monoisotopic (exact) mass is 476 g/mol. The van der Waals surface area contributed by atoms with E-state index in [9.17, 15) is 4.79 Å². The standard InChI is InChI=1S/C30H37O3P/c1-29(2,3)25-20-22(18-19-27(31)32-7)21-26(30(4,5)6)28(25)33-34(23-14-10-8-11-15-23)24-16-12-9-13-17-24/h8-17,20-21H,18-19H2,1-7H3. The first-order valence-corrected chi connectivity index (χ1v) is 13.1. The van der Waals surface area contributed by atoms with Crippen molar-refractivity contribution in [3.05, 3.63) is 89.5 Å². The van der Waals surface area contributed by atoms with E-state index in [1.807, 2.05) is 12.1 Å². The van der Waals surface area contributed by atoms with E-state index in [2.05, 4.69) is 102 Å². The maximum absolute atomic E-state index is 11.8. The molecule has 0 saturated heterocycles. The van der Waals surface area contributed by atoms with Crippen molar-refractivity contribution in [2.45, 2.75) is 65.2 Å². The molecule has 0 N–H and O–H groups in total. The number of benzene rings is 3. The molecular formula is C30H37O3P. The first-order valence-electron chi connectivity index (χ1n) is 11.8. The van der Waals surface area contributed by atoms with Crippen LogP contribution < -0.4 is 15.1 Å². The van der Waals surface area contributed by atoms with Gasteiger partial charge in [0.1, 0.15) is 5.75 Å². The van der Waals surface area contributed by atoms with E-state index in [0.717, 1.165) is 11.3 Å². The third kappa shape index (κ3) is 6.48. The molecule has 0 bridgehead atoms. The Morgan fingerprint density at radius 2 is 1.21 bits per heavy atom. The maximum atomic E-state index is 11.8. The molecule has 0 radical (unpaired) electrons. The number of ether oxygens (including phenoxy) is 1.